The Labute approximate surface area is 117 Å². The van der Waals surface area contributed by atoms with E-state index in [4.69, 9.17) is 24.2 Å². The molecule has 0 saturated carbocycles. The lowest BCUT2D eigenvalue weighted by Gasteiger charge is -2.39. The Bertz CT molecular complexity index is 537. The van der Waals surface area contributed by atoms with Crippen LogP contribution in [0.3, 0.4) is 0 Å². The maximum Gasteiger partial charge on any atom is 0.193 e. The van der Waals surface area contributed by atoms with Gasteiger partial charge in [-0.05, 0) is 6.08 Å². The zero-order valence-corrected chi connectivity index (χ0v) is 11.1. The van der Waals surface area contributed by atoms with Crippen molar-refractivity contribution >= 4 is 0 Å². The Hall–Kier alpha value is -1.71. The Morgan fingerprint density at radius 2 is 2.05 bits per heavy atom. The summed E-state index contributed by atoms with van der Waals surface area (Å²) in [6, 6.07) is 11.8. The van der Waals surface area contributed by atoms with Gasteiger partial charge in [0, 0.05) is 12.7 Å². The van der Waals surface area contributed by atoms with Gasteiger partial charge in [-0.2, -0.15) is 5.26 Å². The monoisotopic (exact) mass is 273 g/mol. The van der Waals surface area contributed by atoms with Gasteiger partial charge >= 0.3 is 0 Å². The van der Waals surface area contributed by atoms with Crippen LogP contribution in [-0.4, -0.2) is 32.2 Å². The third kappa shape index (κ3) is 2.47. The van der Waals surface area contributed by atoms with E-state index in [9.17, 15) is 0 Å². The zero-order valence-electron chi connectivity index (χ0n) is 11.1. The van der Waals surface area contributed by atoms with Crippen LogP contribution in [0.5, 0.6) is 0 Å². The second-order valence-electron chi connectivity index (χ2n) is 4.65. The number of rotatable bonds is 2. The molecule has 2 aliphatic heterocycles. The van der Waals surface area contributed by atoms with Crippen molar-refractivity contribution in [3.05, 3.63) is 47.5 Å². The van der Waals surface area contributed by atoms with Gasteiger partial charge in [-0.3, -0.25) is 0 Å². The van der Waals surface area contributed by atoms with Crippen LogP contribution in [0.4, 0.5) is 0 Å². The highest BCUT2D eigenvalue weighted by Gasteiger charge is 2.38. The summed E-state index contributed by atoms with van der Waals surface area (Å²) in [6.45, 7) is 0.402. The van der Waals surface area contributed by atoms with Crippen LogP contribution in [0, 0.1) is 11.3 Å². The van der Waals surface area contributed by atoms with Crippen molar-refractivity contribution < 1.29 is 18.9 Å². The molecule has 0 aliphatic carbocycles. The first-order valence-corrected chi connectivity index (χ1v) is 6.44. The van der Waals surface area contributed by atoms with Crippen LogP contribution in [-0.2, 0) is 18.9 Å². The number of ether oxygens (including phenoxy) is 4. The van der Waals surface area contributed by atoms with Gasteiger partial charge in [0.25, 0.3) is 0 Å². The number of hydrogen-bond donors (Lipinski definition) is 0. The van der Waals surface area contributed by atoms with E-state index in [1.807, 2.05) is 30.3 Å². The molecule has 5 nitrogen and oxygen atoms in total. The molecule has 0 aromatic heterocycles. The molecule has 1 unspecified atom stereocenters. The van der Waals surface area contributed by atoms with Crippen molar-refractivity contribution in [3.63, 3.8) is 0 Å². The van der Waals surface area contributed by atoms with Crippen molar-refractivity contribution in [1.82, 2.24) is 0 Å². The SMILES string of the molecule is CO[C@H]1O[C@@H]2COC(c3ccccc3)O[C@H]2C=C1C#N. The average molecular weight is 273 g/mol. The Morgan fingerprint density at radius 1 is 1.25 bits per heavy atom. The summed E-state index contributed by atoms with van der Waals surface area (Å²) in [4.78, 5) is 0. The quantitative estimate of drug-likeness (QED) is 0.824. The van der Waals surface area contributed by atoms with Crippen LogP contribution in [0.2, 0.25) is 0 Å². The standard InChI is InChI=1S/C15H15NO4/c1-17-14-11(8-16)7-12-13(20-14)9-18-15(19-12)10-5-3-2-4-6-10/h2-7,12-15H,9H2,1H3/t12-,13+,14-,15?/m0/s1. The molecule has 0 amide bonds. The highest BCUT2D eigenvalue weighted by molar-refractivity contribution is 5.28. The molecular formula is C15H15NO4. The molecule has 5 heteroatoms. The summed E-state index contributed by atoms with van der Waals surface area (Å²) < 4.78 is 22.3. The van der Waals surface area contributed by atoms with Crippen molar-refractivity contribution in [2.45, 2.75) is 24.8 Å². The summed E-state index contributed by atoms with van der Waals surface area (Å²) in [7, 11) is 1.51. The number of methoxy groups -OCH3 is 1. The lowest BCUT2D eigenvalue weighted by molar-refractivity contribution is -0.282. The zero-order chi connectivity index (χ0) is 13.9. The van der Waals surface area contributed by atoms with Gasteiger partial charge in [0.1, 0.15) is 12.2 Å². The second-order valence-corrected chi connectivity index (χ2v) is 4.65. The third-order valence-electron chi connectivity index (χ3n) is 3.37. The van der Waals surface area contributed by atoms with Gasteiger partial charge in [-0.1, -0.05) is 30.3 Å². The molecule has 104 valence electrons. The molecule has 20 heavy (non-hydrogen) atoms. The lowest BCUT2D eigenvalue weighted by Crippen LogP contribution is -2.47. The molecule has 4 atom stereocenters. The lowest BCUT2D eigenvalue weighted by atomic mass is 10.1. The van der Waals surface area contributed by atoms with Crippen LogP contribution >= 0.6 is 0 Å². The van der Waals surface area contributed by atoms with Crippen LogP contribution in [0.1, 0.15) is 11.9 Å². The first-order chi connectivity index (χ1) is 9.81. The van der Waals surface area contributed by atoms with E-state index in [1.54, 1.807) is 6.08 Å². The van der Waals surface area contributed by atoms with Gasteiger partial charge in [0.15, 0.2) is 12.6 Å². The molecule has 0 radical (unpaired) electrons. The van der Waals surface area contributed by atoms with Crippen LogP contribution in [0.25, 0.3) is 0 Å². The molecule has 0 N–H and O–H groups in total. The molecule has 3 rings (SSSR count). The molecule has 1 aromatic carbocycles. The largest absolute Gasteiger partial charge is 0.351 e. The van der Waals surface area contributed by atoms with Gasteiger partial charge in [-0.15, -0.1) is 0 Å². The minimum absolute atomic E-state index is 0.253. The topological polar surface area (TPSA) is 60.7 Å². The Morgan fingerprint density at radius 3 is 2.75 bits per heavy atom. The molecule has 1 saturated heterocycles. The number of fused-ring (bicyclic) bond motifs is 1. The van der Waals surface area contributed by atoms with E-state index in [0.717, 1.165) is 5.56 Å². The normalized spacial score (nSPS) is 32.9. The average Bonchev–Trinajstić information content (AvgIpc) is 2.53. The van der Waals surface area contributed by atoms with E-state index in [2.05, 4.69) is 6.07 Å². The summed E-state index contributed by atoms with van der Waals surface area (Å²) in [5.74, 6) is 0. The minimum atomic E-state index is -0.637. The number of nitriles is 1. The molecule has 2 heterocycles. The summed E-state index contributed by atoms with van der Waals surface area (Å²) >= 11 is 0. The van der Waals surface area contributed by atoms with Gasteiger partial charge in [0.05, 0.1) is 18.2 Å². The van der Waals surface area contributed by atoms with E-state index >= 15 is 0 Å². The van der Waals surface area contributed by atoms with E-state index in [1.165, 1.54) is 7.11 Å². The van der Waals surface area contributed by atoms with Crippen molar-refractivity contribution in [1.29, 1.82) is 5.26 Å². The Kier molecular flexibility index (Phi) is 3.81. The van der Waals surface area contributed by atoms with E-state index in [0.29, 0.717) is 12.2 Å². The molecule has 0 bridgehead atoms. The Balaban J connectivity index is 1.79. The molecule has 0 spiro atoms. The molecule has 1 aromatic rings. The summed E-state index contributed by atoms with van der Waals surface area (Å²) in [5, 5.41) is 9.10. The van der Waals surface area contributed by atoms with Crippen LogP contribution in [0.15, 0.2) is 42.0 Å². The number of nitrogens with zero attached hydrogens (tertiary/aromatic N) is 1. The molecule has 1 fully saturated rings. The maximum atomic E-state index is 9.10. The highest BCUT2D eigenvalue weighted by Crippen LogP contribution is 2.32. The van der Waals surface area contributed by atoms with Crippen LogP contribution < -0.4 is 0 Å². The fraction of sp³-hybridized carbons (Fsp3) is 0.400. The fourth-order valence-corrected chi connectivity index (χ4v) is 2.36. The number of hydrogen-bond acceptors (Lipinski definition) is 5. The van der Waals surface area contributed by atoms with E-state index < -0.39 is 12.6 Å². The first kappa shape index (κ1) is 13.3. The first-order valence-electron chi connectivity index (χ1n) is 6.44. The minimum Gasteiger partial charge on any atom is -0.351 e. The van der Waals surface area contributed by atoms with Crippen molar-refractivity contribution in [2.24, 2.45) is 0 Å². The molecule has 2 aliphatic rings. The smallest absolute Gasteiger partial charge is 0.193 e. The number of benzene rings is 1. The van der Waals surface area contributed by atoms with Crippen molar-refractivity contribution in [2.75, 3.05) is 13.7 Å². The maximum absolute atomic E-state index is 9.10. The summed E-state index contributed by atoms with van der Waals surface area (Å²) in [5.41, 5.74) is 1.38. The van der Waals surface area contributed by atoms with Crippen molar-refractivity contribution in [3.8, 4) is 6.07 Å². The van der Waals surface area contributed by atoms with Gasteiger partial charge < -0.3 is 18.9 Å². The fourth-order valence-electron chi connectivity index (χ4n) is 2.36. The predicted molar refractivity (Wildman–Crippen MR) is 69.4 cm³/mol. The summed E-state index contributed by atoms with van der Waals surface area (Å²) in [6.07, 6.45) is 0.144. The third-order valence-corrected chi connectivity index (χ3v) is 3.37. The second kappa shape index (κ2) is 5.73. The van der Waals surface area contributed by atoms with E-state index in [-0.39, 0.29) is 12.2 Å². The van der Waals surface area contributed by atoms with Gasteiger partial charge in [0.2, 0.25) is 0 Å². The highest BCUT2D eigenvalue weighted by atomic mass is 16.7. The van der Waals surface area contributed by atoms with Gasteiger partial charge in [-0.25, -0.2) is 0 Å². The molecular weight excluding hydrogens is 258 g/mol. The predicted octanol–water partition coefficient (Wildman–Crippen LogP) is 1.92.